The van der Waals surface area contributed by atoms with E-state index in [0.717, 1.165) is 11.4 Å². The van der Waals surface area contributed by atoms with E-state index in [1.165, 1.54) is 153 Å². The molecule has 0 atom stereocenters. The van der Waals surface area contributed by atoms with Crippen molar-refractivity contribution in [3.05, 3.63) is 315 Å². The molecule has 0 aliphatic rings. The molecule has 0 aliphatic carbocycles. The molecule has 2 nitrogen and oxygen atoms in total. The van der Waals surface area contributed by atoms with Crippen LogP contribution in [0.3, 0.4) is 0 Å². The average molecular weight is 1070 g/mol. The standard InChI is InChI=1S/C82H52N2/c1-3-17-57(18-4-1)81-71-43-35-64(66-38-46-80-74(50-66)70-24-12-14-26-78(70)84(80)68-41-33-56(34-42-68)62-30-28-54-16-8-10-22-60(54)48-62)52-76(71)82(58-19-5-2-6-20-58)72-44-36-63(51-75(72)81)65-37-45-79-73(49-65)69-23-11-13-25-77(69)83(79)67-39-31-55(32-40-67)61-29-27-53-15-7-9-21-59(53)47-61/h1-52H. The molecule has 0 unspecified atom stereocenters. The quantitative estimate of drug-likeness (QED) is 0.134. The van der Waals surface area contributed by atoms with Gasteiger partial charge in [-0.3, -0.25) is 0 Å². The summed E-state index contributed by atoms with van der Waals surface area (Å²) >= 11 is 0. The summed E-state index contributed by atoms with van der Waals surface area (Å²) in [6.45, 7) is 0. The molecule has 0 radical (unpaired) electrons. The molecule has 0 bridgehead atoms. The highest BCUT2D eigenvalue weighted by Gasteiger charge is 2.21. The molecule has 0 fully saturated rings. The molecular formula is C82H52N2. The van der Waals surface area contributed by atoms with Crippen LogP contribution in [0, 0.1) is 0 Å². The van der Waals surface area contributed by atoms with E-state index in [2.05, 4.69) is 325 Å². The Morgan fingerprint density at radius 2 is 0.464 bits per heavy atom. The molecule has 0 N–H and O–H groups in total. The predicted molar refractivity (Wildman–Crippen MR) is 358 cm³/mol. The lowest BCUT2D eigenvalue weighted by molar-refractivity contribution is 1.18. The van der Waals surface area contributed by atoms with Gasteiger partial charge in [0.15, 0.2) is 0 Å². The highest BCUT2D eigenvalue weighted by molar-refractivity contribution is 6.23. The van der Waals surface area contributed by atoms with Crippen molar-refractivity contribution in [2.24, 2.45) is 0 Å². The zero-order chi connectivity index (χ0) is 55.2. The Bertz CT molecular complexity index is 5110. The topological polar surface area (TPSA) is 9.86 Å². The van der Waals surface area contributed by atoms with Crippen LogP contribution >= 0.6 is 0 Å². The molecular weight excluding hydrogens is 1010 g/mol. The molecule has 0 spiro atoms. The minimum atomic E-state index is 1.14. The molecule has 0 saturated carbocycles. The summed E-state index contributed by atoms with van der Waals surface area (Å²) < 4.78 is 4.84. The number of nitrogens with zero attached hydrogens (tertiary/aromatic N) is 2. The Hall–Kier alpha value is -11.1. The fourth-order valence-electron chi connectivity index (χ4n) is 13.6. The Balaban J connectivity index is 0.787. The van der Waals surface area contributed by atoms with E-state index >= 15 is 0 Å². The fraction of sp³-hybridized carbons (Fsp3) is 0. The maximum Gasteiger partial charge on any atom is 0.0541 e. The maximum absolute atomic E-state index is 2.45. The van der Waals surface area contributed by atoms with Crippen LogP contribution in [0.2, 0.25) is 0 Å². The van der Waals surface area contributed by atoms with Gasteiger partial charge in [-0.1, -0.05) is 231 Å². The van der Waals surface area contributed by atoms with Crippen LogP contribution in [0.5, 0.6) is 0 Å². The molecule has 0 saturated heterocycles. The number of aromatic nitrogens is 2. The second-order valence-corrected chi connectivity index (χ2v) is 22.4. The SMILES string of the molecule is c1ccc(-c2c3ccc(-c4ccc5c(c4)c4ccccc4n5-c4ccc(-c5ccc6ccccc6c5)cc4)cc3c(-c3ccccc3)c3ccc(-c4ccc5c(c4)c4ccccc4n5-c4ccc(-c5ccc6ccccc6c5)cc4)cc23)cc1. The third-order valence-electron chi connectivity index (χ3n) is 17.7. The van der Waals surface area contributed by atoms with E-state index in [1.807, 2.05) is 0 Å². The lowest BCUT2D eigenvalue weighted by Gasteiger charge is -2.20. The lowest BCUT2D eigenvalue weighted by atomic mass is 9.84. The summed E-state index contributed by atoms with van der Waals surface area (Å²) in [7, 11) is 0. The van der Waals surface area contributed by atoms with E-state index in [0.29, 0.717) is 0 Å². The first kappa shape index (κ1) is 47.7. The van der Waals surface area contributed by atoms with Gasteiger partial charge in [-0.05, 0) is 195 Å². The molecule has 17 aromatic rings. The number of hydrogen-bond acceptors (Lipinski definition) is 0. The normalized spacial score (nSPS) is 11.8. The van der Waals surface area contributed by atoms with Crippen LogP contribution in [0.15, 0.2) is 315 Å². The highest BCUT2D eigenvalue weighted by Crippen LogP contribution is 2.47. The van der Waals surface area contributed by atoms with Crippen LogP contribution in [0.1, 0.15) is 0 Å². The molecule has 2 heteroatoms. The largest absolute Gasteiger partial charge is 0.309 e. The van der Waals surface area contributed by atoms with Gasteiger partial charge in [0.2, 0.25) is 0 Å². The van der Waals surface area contributed by atoms with Gasteiger partial charge in [0.1, 0.15) is 0 Å². The fourth-order valence-corrected chi connectivity index (χ4v) is 13.6. The summed E-state index contributed by atoms with van der Waals surface area (Å²) in [5.74, 6) is 0. The summed E-state index contributed by atoms with van der Waals surface area (Å²) in [4.78, 5) is 0. The zero-order valence-corrected chi connectivity index (χ0v) is 45.9. The third kappa shape index (κ3) is 7.80. The minimum absolute atomic E-state index is 1.14. The summed E-state index contributed by atoms with van der Waals surface area (Å²) in [5, 5.41) is 14.9. The number of benzene rings is 15. The third-order valence-corrected chi connectivity index (χ3v) is 17.7. The van der Waals surface area contributed by atoms with Gasteiger partial charge in [0.05, 0.1) is 22.1 Å². The van der Waals surface area contributed by atoms with Gasteiger partial charge >= 0.3 is 0 Å². The Kier molecular flexibility index (Phi) is 11.0. The first-order chi connectivity index (χ1) is 41.6. The van der Waals surface area contributed by atoms with Crippen LogP contribution in [-0.4, -0.2) is 9.13 Å². The van der Waals surface area contributed by atoms with Gasteiger partial charge in [0, 0.05) is 32.9 Å². The second-order valence-electron chi connectivity index (χ2n) is 22.4. The molecule has 84 heavy (non-hydrogen) atoms. The molecule has 2 heterocycles. The number of hydrogen-bond donors (Lipinski definition) is 0. The van der Waals surface area contributed by atoms with Crippen molar-refractivity contribution in [3.63, 3.8) is 0 Å². The molecule has 0 amide bonds. The highest BCUT2D eigenvalue weighted by atomic mass is 15.0. The average Bonchev–Trinajstić information content (AvgIpc) is 3.03. The van der Waals surface area contributed by atoms with Crippen molar-refractivity contribution in [2.45, 2.75) is 0 Å². The Morgan fingerprint density at radius 1 is 0.155 bits per heavy atom. The molecule has 0 aliphatic heterocycles. The minimum Gasteiger partial charge on any atom is -0.309 e. The van der Waals surface area contributed by atoms with Crippen molar-refractivity contribution in [1.29, 1.82) is 0 Å². The molecule has 15 aromatic carbocycles. The van der Waals surface area contributed by atoms with Crippen LogP contribution < -0.4 is 0 Å². The van der Waals surface area contributed by atoms with E-state index in [1.54, 1.807) is 0 Å². The van der Waals surface area contributed by atoms with Crippen LogP contribution in [0.4, 0.5) is 0 Å². The monoisotopic (exact) mass is 1060 g/mol. The van der Waals surface area contributed by atoms with Crippen molar-refractivity contribution >= 4 is 86.7 Å². The first-order valence-electron chi connectivity index (χ1n) is 29.0. The number of para-hydroxylation sites is 2. The van der Waals surface area contributed by atoms with Crippen molar-refractivity contribution in [2.75, 3.05) is 0 Å². The van der Waals surface area contributed by atoms with Crippen molar-refractivity contribution in [3.8, 4) is 78.1 Å². The first-order valence-corrected chi connectivity index (χ1v) is 29.0. The summed E-state index contributed by atoms with van der Waals surface area (Å²) in [5.41, 5.74) is 21.5. The zero-order valence-electron chi connectivity index (χ0n) is 45.9. The van der Waals surface area contributed by atoms with Gasteiger partial charge in [-0.2, -0.15) is 0 Å². The van der Waals surface area contributed by atoms with E-state index in [4.69, 9.17) is 0 Å². The number of fused-ring (bicyclic) bond motifs is 10. The van der Waals surface area contributed by atoms with E-state index in [9.17, 15) is 0 Å². The van der Waals surface area contributed by atoms with Gasteiger partial charge in [-0.25, -0.2) is 0 Å². The summed E-state index contributed by atoms with van der Waals surface area (Å²) in [6.07, 6.45) is 0. The summed E-state index contributed by atoms with van der Waals surface area (Å²) in [6, 6.07) is 117. The van der Waals surface area contributed by atoms with Crippen molar-refractivity contribution in [1.82, 2.24) is 9.13 Å². The molecule has 390 valence electrons. The Morgan fingerprint density at radius 3 is 0.893 bits per heavy atom. The Labute approximate surface area is 486 Å². The van der Waals surface area contributed by atoms with E-state index in [-0.39, 0.29) is 0 Å². The molecule has 17 rings (SSSR count). The second kappa shape index (κ2) is 19.3. The van der Waals surface area contributed by atoms with Gasteiger partial charge in [0.25, 0.3) is 0 Å². The lowest BCUT2D eigenvalue weighted by Crippen LogP contribution is -1.94. The maximum atomic E-state index is 2.45. The van der Waals surface area contributed by atoms with Gasteiger partial charge < -0.3 is 9.13 Å². The van der Waals surface area contributed by atoms with Crippen molar-refractivity contribution < 1.29 is 0 Å². The van der Waals surface area contributed by atoms with Gasteiger partial charge in [-0.15, -0.1) is 0 Å². The number of rotatable bonds is 8. The van der Waals surface area contributed by atoms with Crippen LogP contribution in [0.25, 0.3) is 165 Å². The van der Waals surface area contributed by atoms with Crippen LogP contribution in [-0.2, 0) is 0 Å². The smallest absolute Gasteiger partial charge is 0.0541 e. The molecule has 2 aromatic heterocycles. The van der Waals surface area contributed by atoms with E-state index < -0.39 is 0 Å². The predicted octanol–water partition coefficient (Wildman–Crippen LogP) is 22.5.